The first-order chi connectivity index (χ1) is 12.1. The molecule has 2 N–H and O–H groups in total. The van der Waals surface area contributed by atoms with Gasteiger partial charge in [-0.15, -0.1) is 0 Å². The Morgan fingerprint density at radius 2 is 2.00 bits per heavy atom. The van der Waals surface area contributed by atoms with Crippen molar-refractivity contribution < 1.29 is 4.79 Å². The van der Waals surface area contributed by atoms with Crippen LogP contribution in [0.15, 0.2) is 42.6 Å². The van der Waals surface area contributed by atoms with E-state index in [1.807, 2.05) is 43.3 Å². The summed E-state index contributed by atoms with van der Waals surface area (Å²) in [5.74, 6) is 0.642. The van der Waals surface area contributed by atoms with Gasteiger partial charge < -0.3 is 10.3 Å². The highest BCUT2D eigenvalue weighted by Gasteiger charge is 2.26. The van der Waals surface area contributed by atoms with Crippen molar-refractivity contribution in [3.05, 3.63) is 70.1 Å². The molecule has 0 aliphatic carbocycles. The van der Waals surface area contributed by atoms with Crippen molar-refractivity contribution in [1.29, 1.82) is 0 Å². The minimum absolute atomic E-state index is 0.151. The number of amides is 1. The van der Waals surface area contributed by atoms with Crippen LogP contribution >= 0.6 is 11.6 Å². The number of aromatic nitrogens is 3. The number of H-pyrrole nitrogens is 1. The topological polar surface area (TPSA) is 70.7 Å². The van der Waals surface area contributed by atoms with Gasteiger partial charge in [-0.1, -0.05) is 23.7 Å². The number of aromatic amines is 1. The fraction of sp³-hybridized carbons (Fsp3) is 0.211. The Morgan fingerprint density at radius 3 is 2.76 bits per heavy atom. The molecule has 3 heterocycles. The van der Waals surface area contributed by atoms with Gasteiger partial charge in [0.25, 0.3) is 5.91 Å². The Hall–Kier alpha value is -2.66. The summed E-state index contributed by atoms with van der Waals surface area (Å²) in [6.45, 7) is 2.57. The van der Waals surface area contributed by atoms with E-state index in [2.05, 4.69) is 20.3 Å². The van der Waals surface area contributed by atoms with Gasteiger partial charge in [0.2, 0.25) is 0 Å². The molecule has 1 atom stereocenters. The largest absolute Gasteiger partial charge is 0.350 e. The maximum absolute atomic E-state index is 12.4. The average Bonchev–Trinajstić information content (AvgIpc) is 2.97. The molecule has 3 aromatic rings. The number of benzene rings is 1. The predicted molar refractivity (Wildman–Crippen MR) is 96.8 cm³/mol. The smallest absolute Gasteiger partial charge is 0.271 e. The van der Waals surface area contributed by atoms with Gasteiger partial charge in [-0.05, 0) is 48.7 Å². The van der Waals surface area contributed by atoms with E-state index in [0.29, 0.717) is 29.5 Å². The standard InChI is InChI=1S/C19H17ClN4O/c1-11-6-7-21-16(8-11)18-23-15-9-13(10-22-19(25)17(15)24-18)12-2-4-14(20)5-3-12/h2-8,13H,9-10H2,1H3,(H,22,25)(H,23,24)/t13-/m0/s1. The molecule has 25 heavy (non-hydrogen) atoms. The van der Waals surface area contributed by atoms with Gasteiger partial charge in [0.15, 0.2) is 5.82 Å². The van der Waals surface area contributed by atoms with E-state index in [9.17, 15) is 4.79 Å². The Balaban J connectivity index is 1.70. The zero-order valence-electron chi connectivity index (χ0n) is 13.7. The molecule has 0 radical (unpaired) electrons. The van der Waals surface area contributed by atoms with E-state index >= 15 is 0 Å². The maximum Gasteiger partial charge on any atom is 0.271 e. The van der Waals surface area contributed by atoms with E-state index in [4.69, 9.17) is 11.6 Å². The second-order valence-electron chi connectivity index (χ2n) is 6.29. The van der Waals surface area contributed by atoms with Crippen molar-refractivity contribution in [2.75, 3.05) is 6.54 Å². The first-order valence-electron chi connectivity index (χ1n) is 8.16. The number of fused-ring (bicyclic) bond motifs is 1. The number of carbonyl (C=O) groups excluding carboxylic acids is 1. The van der Waals surface area contributed by atoms with Gasteiger partial charge in [0.1, 0.15) is 11.4 Å². The molecule has 1 aliphatic rings. The monoisotopic (exact) mass is 352 g/mol. The SMILES string of the molecule is Cc1ccnc(-c2nc3c([nH]2)C[C@H](c2ccc(Cl)cc2)CNC3=O)c1. The van der Waals surface area contributed by atoms with E-state index in [-0.39, 0.29) is 11.8 Å². The molecule has 1 aromatic carbocycles. The number of pyridine rings is 1. The molecule has 126 valence electrons. The summed E-state index contributed by atoms with van der Waals surface area (Å²) in [4.78, 5) is 24.6. The number of hydrogen-bond donors (Lipinski definition) is 2. The summed E-state index contributed by atoms with van der Waals surface area (Å²) in [7, 11) is 0. The lowest BCUT2D eigenvalue weighted by Crippen LogP contribution is -2.26. The van der Waals surface area contributed by atoms with Crippen LogP contribution in [0.1, 0.15) is 33.2 Å². The number of nitrogens with one attached hydrogen (secondary N) is 2. The van der Waals surface area contributed by atoms with Crippen LogP contribution in [0, 0.1) is 6.92 Å². The third-order valence-electron chi connectivity index (χ3n) is 4.45. The third kappa shape index (κ3) is 3.15. The summed E-state index contributed by atoms with van der Waals surface area (Å²) in [6, 6.07) is 11.6. The Bertz CT molecular complexity index is 933. The molecule has 1 aliphatic heterocycles. The Labute approximate surface area is 150 Å². The molecule has 0 bridgehead atoms. The third-order valence-corrected chi connectivity index (χ3v) is 4.70. The molecule has 0 fully saturated rings. The van der Waals surface area contributed by atoms with Crippen LogP contribution in [0.3, 0.4) is 0 Å². The van der Waals surface area contributed by atoms with Crippen LogP contribution in [-0.4, -0.2) is 27.4 Å². The molecular formula is C19H17ClN4O. The molecule has 6 heteroatoms. The lowest BCUT2D eigenvalue weighted by Gasteiger charge is -2.14. The molecule has 4 rings (SSSR count). The van der Waals surface area contributed by atoms with Crippen LogP contribution in [0.4, 0.5) is 0 Å². The molecule has 2 aromatic heterocycles. The van der Waals surface area contributed by atoms with Crippen LogP contribution in [0.5, 0.6) is 0 Å². The van der Waals surface area contributed by atoms with Crippen LogP contribution in [-0.2, 0) is 6.42 Å². The lowest BCUT2D eigenvalue weighted by atomic mass is 9.94. The van der Waals surface area contributed by atoms with Gasteiger partial charge in [-0.3, -0.25) is 9.78 Å². The summed E-state index contributed by atoms with van der Waals surface area (Å²) in [5, 5.41) is 3.67. The molecule has 0 saturated carbocycles. The van der Waals surface area contributed by atoms with Crippen molar-refractivity contribution in [2.45, 2.75) is 19.3 Å². The highest BCUT2D eigenvalue weighted by atomic mass is 35.5. The fourth-order valence-corrected chi connectivity index (χ4v) is 3.25. The number of aryl methyl sites for hydroxylation is 1. The van der Waals surface area contributed by atoms with E-state index in [0.717, 1.165) is 22.5 Å². The second kappa shape index (κ2) is 6.33. The molecule has 0 saturated heterocycles. The fourth-order valence-electron chi connectivity index (χ4n) is 3.12. The molecule has 0 unspecified atom stereocenters. The normalized spacial score (nSPS) is 16.9. The van der Waals surface area contributed by atoms with Crippen LogP contribution in [0.25, 0.3) is 11.5 Å². The number of halogens is 1. The minimum atomic E-state index is -0.151. The van der Waals surface area contributed by atoms with Gasteiger partial charge in [0, 0.05) is 29.4 Å². The summed E-state index contributed by atoms with van der Waals surface area (Å²) < 4.78 is 0. The van der Waals surface area contributed by atoms with E-state index in [1.165, 1.54) is 0 Å². The van der Waals surface area contributed by atoms with Crippen molar-refractivity contribution in [3.63, 3.8) is 0 Å². The lowest BCUT2D eigenvalue weighted by molar-refractivity contribution is 0.0950. The molecule has 0 spiro atoms. The van der Waals surface area contributed by atoms with Gasteiger partial charge in [-0.2, -0.15) is 0 Å². The van der Waals surface area contributed by atoms with Crippen molar-refractivity contribution in [1.82, 2.24) is 20.3 Å². The van der Waals surface area contributed by atoms with Crippen LogP contribution < -0.4 is 5.32 Å². The quantitative estimate of drug-likeness (QED) is 0.741. The number of hydrogen-bond acceptors (Lipinski definition) is 3. The predicted octanol–water partition coefficient (Wildman–Crippen LogP) is 3.50. The van der Waals surface area contributed by atoms with E-state index < -0.39 is 0 Å². The van der Waals surface area contributed by atoms with Crippen molar-refractivity contribution in [2.24, 2.45) is 0 Å². The number of nitrogens with zero attached hydrogens (tertiary/aromatic N) is 2. The zero-order valence-corrected chi connectivity index (χ0v) is 14.5. The Kier molecular flexibility index (Phi) is 4.01. The molecule has 5 nitrogen and oxygen atoms in total. The van der Waals surface area contributed by atoms with Gasteiger partial charge in [-0.25, -0.2) is 4.98 Å². The number of rotatable bonds is 2. The molecular weight excluding hydrogens is 336 g/mol. The summed E-state index contributed by atoms with van der Waals surface area (Å²) in [5.41, 5.74) is 4.27. The summed E-state index contributed by atoms with van der Waals surface area (Å²) >= 11 is 5.98. The van der Waals surface area contributed by atoms with Crippen molar-refractivity contribution >= 4 is 17.5 Å². The first kappa shape index (κ1) is 15.8. The molecule has 1 amide bonds. The second-order valence-corrected chi connectivity index (χ2v) is 6.73. The highest BCUT2D eigenvalue weighted by Crippen LogP contribution is 2.27. The Morgan fingerprint density at radius 1 is 1.20 bits per heavy atom. The highest BCUT2D eigenvalue weighted by molar-refractivity contribution is 6.30. The van der Waals surface area contributed by atoms with Gasteiger partial charge in [0.05, 0.1) is 0 Å². The van der Waals surface area contributed by atoms with Crippen LogP contribution in [0.2, 0.25) is 5.02 Å². The number of imidazole rings is 1. The minimum Gasteiger partial charge on any atom is -0.350 e. The summed E-state index contributed by atoms with van der Waals surface area (Å²) in [6.07, 6.45) is 2.45. The average molecular weight is 353 g/mol. The zero-order chi connectivity index (χ0) is 17.4. The first-order valence-corrected chi connectivity index (χ1v) is 8.53. The van der Waals surface area contributed by atoms with Gasteiger partial charge >= 0.3 is 0 Å². The maximum atomic E-state index is 12.4. The number of carbonyl (C=O) groups is 1. The van der Waals surface area contributed by atoms with Crippen molar-refractivity contribution in [3.8, 4) is 11.5 Å². The van der Waals surface area contributed by atoms with E-state index in [1.54, 1.807) is 6.20 Å².